The fourth-order valence-electron chi connectivity index (χ4n) is 0.678. The van der Waals surface area contributed by atoms with Gasteiger partial charge in [-0.05, 0) is 12.1 Å². The maximum atomic E-state index is 11.9. The zero-order valence-corrected chi connectivity index (χ0v) is 8.53. The minimum Gasteiger partial charge on any atom is -0.374 e. The highest BCUT2D eigenvalue weighted by atomic mass is 35.5. The third kappa shape index (κ3) is 2.75. The van der Waals surface area contributed by atoms with Gasteiger partial charge in [-0.3, -0.25) is 0 Å². The van der Waals surface area contributed by atoms with Crippen molar-refractivity contribution in [3.05, 3.63) is 29.3 Å². The third-order valence-electron chi connectivity index (χ3n) is 1.32. The molecule has 8 heteroatoms. The Morgan fingerprint density at radius 3 is 2.20 bits per heavy atom. The van der Waals surface area contributed by atoms with E-state index in [1.165, 1.54) is 18.2 Å². The molecule has 0 saturated carbocycles. The van der Waals surface area contributed by atoms with Crippen molar-refractivity contribution in [2.75, 3.05) is 0 Å². The van der Waals surface area contributed by atoms with E-state index in [9.17, 15) is 21.6 Å². The quantitative estimate of drug-likeness (QED) is 0.606. The smallest absolute Gasteiger partial charge is 0.374 e. The Hall–Kier alpha value is -0.950. The summed E-state index contributed by atoms with van der Waals surface area (Å²) in [7, 11) is -5.66. The van der Waals surface area contributed by atoms with Crippen LogP contribution in [-0.4, -0.2) is 13.9 Å². The molecule has 1 aromatic carbocycles. The van der Waals surface area contributed by atoms with Crippen LogP contribution >= 0.6 is 11.6 Å². The summed E-state index contributed by atoms with van der Waals surface area (Å²) in [6, 6.07) is 4.96. The summed E-state index contributed by atoms with van der Waals surface area (Å²) < 4.78 is 60.6. The number of alkyl halides is 3. The van der Waals surface area contributed by atoms with E-state index in [2.05, 4.69) is 4.18 Å². The molecule has 0 N–H and O–H groups in total. The molecule has 0 aliphatic heterocycles. The first-order valence-corrected chi connectivity index (χ1v) is 5.28. The van der Waals surface area contributed by atoms with E-state index in [0.29, 0.717) is 0 Å². The van der Waals surface area contributed by atoms with Gasteiger partial charge in [0.15, 0.2) is 5.75 Å². The Bertz CT molecular complexity index is 455. The molecule has 0 saturated heterocycles. The molecule has 0 fully saturated rings. The van der Waals surface area contributed by atoms with E-state index in [-0.39, 0.29) is 5.02 Å². The normalized spacial score (nSPS) is 12.5. The summed E-state index contributed by atoms with van der Waals surface area (Å²) in [5.41, 5.74) is -5.47. The summed E-state index contributed by atoms with van der Waals surface area (Å²) in [6.45, 7) is 0. The molecule has 0 amide bonds. The van der Waals surface area contributed by atoms with Crippen molar-refractivity contribution in [3.63, 3.8) is 0 Å². The van der Waals surface area contributed by atoms with Gasteiger partial charge in [0.25, 0.3) is 0 Å². The van der Waals surface area contributed by atoms with Crippen LogP contribution in [0.5, 0.6) is 5.75 Å². The lowest BCUT2D eigenvalue weighted by molar-refractivity contribution is -0.0500. The van der Waals surface area contributed by atoms with Crippen LogP contribution in [0.4, 0.5) is 13.2 Å². The molecule has 0 atom stereocenters. The van der Waals surface area contributed by atoms with Gasteiger partial charge in [0.2, 0.25) is 0 Å². The Morgan fingerprint density at radius 2 is 1.73 bits per heavy atom. The Morgan fingerprint density at radius 1 is 1.20 bits per heavy atom. The molecule has 84 valence electrons. The van der Waals surface area contributed by atoms with Crippen LogP contribution in [0.2, 0.25) is 5.02 Å². The minimum atomic E-state index is -5.66. The van der Waals surface area contributed by atoms with Gasteiger partial charge in [-0.25, -0.2) is 0 Å². The predicted molar refractivity (Wildman–Crippen MR) is 47.1 cm³/mol. The van der Waals surface area contributed by atoms with Crippen LogP contribution < -0.4 is 4.18 Å². The number of para-hydroxylation sites is 1. The number of benzene rings is 1. The lowest BCUT2D eigenvalue weighted by atomic mass is 10.3. The molecule has 0 aromatic heterocycles. The SMILES string of the molecule is O=S(=O)(Oc1ccccc1Cl)C(F)(F)F. The second-order valence-electron chi connectivity index (χ2n) is 2.41. The largest absolute Gasteiger partial charge is 0.534 e. The Labute approximate surface area is 88.5 Å². The molecule has 0 unspecified atom stereocenters. The van der Waals surface area contributed by atoms with E-state index in [1.807, 2.05) is 0 Å². The predicted octanol–water partition coefficient (Wildman–Crippen LogP) is 2.57. The van der Waals surface area contributed by atoms with Crippen molar-refractivity contribution in [1.82, 2.24) is 0 Å². The second-order valence-corrected chi connectivity index (χ2v) is 4.36. The van der Waals surface area contributed by atoms with Gasteiger partial charge in [0, 0.05) is 0 Å². The van der Waals surface area contributed by atoms with Gasteiger partial charge >= 0.3 is 15.6 Å². The summed E-state index contributed by atoms with van der Waals surface area (Å²) in [6.07, 6.45) is 0. The van der Waals surface area contributed by atoms with E-state index < -0.39 is 21.4 Å². The second kappa shape index (κ2) is 3.90. The summed E-state index contributed by atoms with van der Waals surface area (Å²) in [5.74, 6) is -0.559. The lowest BCUT2D eigenvalue weighted by Gasteiger charge is -2.09. The molecule has 1 rings (SSSR count). The molecule has 0 aliphatic rings. The number of rotatable bonds is 2. The fourth-order valence-corrected chi connectivity index (χ4v) is 1.37. The first kappa shape index (κ1) is 12.1. The molecule has 3 nitrogen and oxygen atoms in total. The van der Waals surface area contributed by atoms with Gasteiger partial charge in [0.05, 0.1) is 5.02 Å². The highest BCUT2D eigenvalue weighted by Gasteiger charge is 2.48. The fraction of sp³-hybridized carbons (Fsp3) is 0.143. The van der Waals surface area contributed by atoms with E-state index in [0.717, 1.165) is 6.07 Å². The first-order chi connectivity index (χ1) is 6.74. The molecule has 1 aromatic rings. The lowest BCUT2D eigenvalue weighted by Crippen LogP contribution is -2.28. The van der Waals surface area contributed by atoms with Crippen LogP contribution in [0, 0.1) is 0 Å². The monoisotopic (exact) mass is 260 g/mol. The number of hydrogen-bond donors (Lipinski definition) is 0. The zero-order chi connectivity index (χ0) is 11.7. The highest BCUT2D eigenvalue weighted by Crippen LogP contribution is 2.30. The third-order valence-corrected chi connectivity index (χ3v) is 2.60. The highest BCUT2D eigenvalue weighted by molar-refractivity contribution is 7.88. The van der Waals surface area contributed by atoms with Gasteiger partial charge in [-0.1, -0.05) is 23.7 Å². The summed E-state index contributed by atoms with van der Waals surface area (Å²) in [4.78, 5) is 0. The summed E-state index contributed by atoms with van der Waals surface area (Å²) >= 11 is 5.42. The van der Waals surface area contributed by atoms with Crippen LogP contribution in [-0.2, 0) is 10.1 Å². The number of hydrogen-bond acceptors (Lipinski definition) is 3. The molecule has 0 aliphatic carbocycles. The molecular formula is C7H4ClF3O3S. The van der Waals surface area contributed by atoms with Crippen molar-refractivity contribution in [2.45, 2.75) is 5.51 Å². The number of halogens is 4. The maximum Gasteiger partial charge on any atom is 0.534 e. The van der Waals surface area contributed by atoms with Crippen molar-refractivity contribution < 1.29 is 25.8 Å². The average molecular weight is 261 g/mol. The van der Waals surface area contributed by atoms with Crippen LogP contribution in [0.1, 0.15) is 0 Å². The van der Waals surface area contributed by atoms with E-state index in [4.69, 9.17) is 11.6 Å². The molecule has 15 heavy (non-hydrogen) atoms. The topological polar surface area (TPSA) is 43.4 Å². The van der Waals surface area contributed by atoms with Gasteiger partial charge in [0.1, 0.15) is 0 Å². The van der Waals surface area contributed by atoms with Crippen molar-refractivity contribution in [1.29, 1.82) is 0 Å². The van der Waals surface area contributed by atoms with E-state index >= 15 is 0 Å². The van der Waals surface area contributed by atoms with Crippen LogP contribution in [0.3, 0.4) is 0 Å². The first-order valence-electron chi connectivity index (χ1n) is 3.49. The Balaban J connectivity index is 3.03. The van der Waals surface area contributed by atoms with Crippen LogP contribution in [0.25, 0.3) is 0 Å². The zero-order valence-electron chi connectivity index (χ0n) is 6.95. The van der Waals surface area contributed by atoms with Gasteiger partial charge < -0.3 is 4.18 Å². The molecule has 0 heterocycles. The van der Waals surface area contributed by atoms with Crippen molar-refractivity contribution in [3.8, 4) is 5.75 Å². The van der Waals surface area contributed by atoms with Crippen molar-refractivity contribution in [2.24, 2.45) is 0 Å². The molecule has 0 bridgehead atoms. The van der Waals surface area contributed by atoms with Crippen LogP contribution in [0.15, 0.2) is 24.3 Å². The van der Waals surface area contributed by atoms with Gasteiger partial charge in [-0.15, -0.1) is 0 Å². The molecular weight excluding hydrogens is 257 g/mol. The van der Waals surface area contributed by atoms with E-state index in [1.54, 1.807) is 0 Å². The standard InChI is InChI=1S/C7H4ClF3O3S/c8-5-3-1-2-4-6(5)14-15(12,13)7(9,10)11/h1-4H. The molecule has 0 radical (unpaired) electrons. The maximum absolute atomic E-state index is 11.9. The Kier molecular flexibility index (Phi) is 3.15. The van der Waals surface area contributed by atoms with Crippen molar-refractivity contribution >= 4 is 21.7 Å². The minimum absolute atomic E-state index is 0.217. The van der Waals surface area contributed by atoms with Gasteiger partial charge in [-0.2, -0.15) is 21.6 Å². The summed E-state index contributed by atoms with van der Waals surface area (Å²) in [5, 5.41) is -0.217. The average Bonchev–Trinajstić information content (AvgIpc) is 2.06. The molecule has 0 spiro atoms.